The van der Waals surface area contributed by atoms with Gasteiger partial charge in [0.2, 0.25) is 0 Å². The Labute approximate surface area is 136 Å². The minimum Gasteiger partial charge on any atom is -0.377 e. The number of hydrogen-bond donors (Lipinski definition) is 1. The van der Waals surface area contributed by atoms with Crippen LogP contribution in [-0.2, 0) is 4.74 Å². The molecule has 1 saturated heterocycles. The quantitative estimate of drug-likeness (QED) is 0.927. The van der Waals surface area contributed by atoms with E-state index in [1.165, 1.54) is 0 Å². The first-order valence-electron chi connectivity index (χ1n) is 8.27. The van der Waals surface area contributed by atoms with Crippen LogP contribution >= 0.6 is 0 Å². The number of amides is 1. The monoisotopic (exact) mass is 310 g/mol. The largest absolute Gasteiger partial charge is 0.377 e. The molecule has 0 bridgehead atoms. The van der Waals surface area contributed by atoms with Crippen molar-refractivity contribution in [1.29, 1.82) is 0 Å². The molecule has 1 aliphatic carbocycles. The number of carbonyl (C=O) groups excluding carboxylic acids is 1. The summed E-state index contributed by atoms with van der Waals surface area (Å²) in [7, 11) is 0. The lowest BCUT2D eigenvalue weighted by Gasteiger charge is -2.54. The number of fused-ring (bicyclic) bond motifs is 2. The predicted molar refractivity (Wildman–Crippen MR) is 89.4 cm³/mol. The molecule has 4 rings (SSSR count). The summed E-state index contributed by atoms with van der Waals surface area (Å²) in [5.74, 6) is 0.423. The number of ether oxygens (including phenoxy) is 1. The molecule has 1 aromatic heterocycles. The lowest BCUT2D eigenvalue weighted by molar-refractivity contribution is -0.108. The number of nitrogens with zero attached hydrogens (tertiary/aromatic N) is 1. The summed E-state index contributed by atoms with van der Waals surface area (Å²) in [6.45, 7) is 7.15. The van der Waals surface area contributed by atoms with E-state index in [1.54, 1.807) is 6.20 Å². The molecule has 1 aromatic carbocycles. The number of pyridine rings is 1. The molecule has 3 unspecified atom stereocenters. The number of aromatic nitrogens is 1. The van der Waals surface area contributed by atoms with Gasteiger partial charge in [0.15, 0.2) is 0 Å². The molecule has 2 aromatic rings. The first-order valence-corrected chi connectivity index (χ1v) is 8.27. The standard InChI is InChI=1S/C19H22N2O2/c1-11-12-6-4-5-7-15(12)20-10-14(11)18(22)21-16-13-8-9-23-17(13)19(16,2)3/h4-7,10,13,16-17H,8-9H2,1-3H3,(H,21,22). The smallest absolute Gasteiger partial charge is 0.253 e. The molecule has 4 heteroatoms. The molecular weight excluding hydrogens is 288 g/mol. The van der Waals surface area contributed by atoms with Gasteiger partial charge in [0.05, 0.1) is 17.2 Å². The van der Waals surface area contributed by atoms with Crippen molar-refractivity contribution in [3.63, 3.8) is 0 Å². The fourth-order valence-corrected chi connectivity index (χ4v) is 4.34. The van der Waals surface area contributed by atoms with Gasteiger partial charge in [-0.1, -0.05) is 32.0 Å². The number of nitrogens with one attached hydrogen (secondary N) is 1. The zero-order valence-electron chi connectivity index (χ0n) is 13.8. The van der Waals surface area contributed by atoms with E-state index in [0.717, 1.165) is 29.5 Å². The summed E-state index contributed by atoms with van der Waals surface area (Å²) < 4.78 is 5.80. The summed E-state index contributed by atoms with van der Waals surface area (Å²) in [5, 5.41) is 4.28. The van der Waals surface area contributed by atoms with Crippen LogP contribution in [0.3, 0.4) is 0 Å². The first kappa shape index (κ1) is 14.6. The van der Waals surface area contributed by atoms with Crippen LogP contribution in [0.4, 0.5) is 0 Å². The summed E-state index contributed by atoms with van der Waals surface area (Å²) in [6, 6.07) is 8.11. The van der Waals surface area contributed by atoms with E-state index in [4.69, 9.17) is 4.74 Å². The lowest BCUT2D eigenvalue weighted by atomic mass is 9.57. The van der Waals surface area contributed by atoms with Crippen LogP contribution in [0.15, 0.2) is 30.5 Å². The molecule has 0 spiro atoms. The van der Waals surface area contributed by atoms with Gasteiger partial charge in [0, 0.05) is 35.6 Å². The molecule has 2 aliphatic rings. The average Bonchev–Trinajstić information content (AvgIpc) is 3.00. The van der Waals surface area contributed by atoms with Crippen LogP contribution in [0.5, 0.6) is 0 Å². The summed E-state index contributed by atoms with van der Waals surface area (Å²) in [6.07, 6.45) is 3.01. The van der Waals surface area contributed by atoms with Gasteiger partial charge >= 0.3 is 0 Å². The maximum Gasteiger partial charge on any atom is 0.253 e. The SMILES string of the molecule is Cc1c(C(=O)NC2C3CCOC3C2(C)C)cnc2ccccc12. The molecule has 4 nitrogen and oxygen atoms in total. The average molecular weight is 310 g/mol. The van der Waals surface area contributed by atoms with E-state index in [9.17, 15) is 4.79 Å². The minimum atomic E-state index is -0.0239. The summed E-state index contributed by atoms with van der Waals surface area (Å²) in [4.78, 5) is 17.2. The third-order valence-electron chi connectivity index (χ3n) is 5.68. The minimum absolute atomic E-state index is 0.00495. The second-order valence-corrected chi connectivity index (χ2v) is 7.33. The maximum absolute atomic E-state index is 12.8. The highest BCUT2D eigenvalue weighted by atomic mass is 16.5. The zero-order chi connectivity index (χ0) is 16.2. The van der Waals surface area contributed by atoms with Gasteiger partial charge in [0.25, 0.3) is 5.91 Å². The Hall–Kier alpha value is -1.94. The first-order chi connectivity index (χ1) is 11.0. The van der Waals surface area contributed by atoms with Crippen molar-refractivity contribution in [2.24, 2.45) is 11.3 Å². The van der Waals surface area contributed by atoms with Gasteiger partial charge in [-0.25, -0.2) is 0 Å². The Morgan fingerprint density at radius 1 is 1.35 bits per heavy atom. The van der Waals surface area contributed by atoms with Crippen LogP contribution < -0.4 is 5.32 Å². The van der Waals surface area contributed by atoms with Gasteiger partial charge in [-0.2, -0.15) is 0 Å². The second kappa shape index (κ2) is 5.03. The van der Waals surface area contributed by atoms with Crippen LogP contribution in [0, 0.1) is 18.3 Å². The highest BCUT2D eigenvalue weighted by Gasteiger charge is 2.59. The molecule has 2 fully saturated rings. The van der Waals surface area contributed by atoms with Gasteiger partial charge < -0.3 is 10.1 Å². The number of rotatable bonds is 2. The number of aryl methyl sites for hydroxylation is 1. The van der Waals surface area contributed by atoms with Gasteiger partial charge in [0.1, 0.15) is 0 Å². The van der Waals surface area contributed by atoms with Crippen LogP contribution in [0.1, 0.15) is 36.2 Å². The Balaban J connectivity index is 1.62. The van der Waals surface area contributed by atoms with E-state index in [2.05, 4.69) is 24.1 Å². The van der Waals surface area contributed by atoms with Gasteiger partial charge in [-0.3, -0.25) is 9.78 Å². The Morgan fingerprint density at radius 3 is 2.96 bits per heavy atom. The van der Waals surface area contributed by atoms with Crippen molar-refractivity contribution in [2.45, 2.75) is 39.3 Å². The van der Waals surface area contributed by atoms with Crippen molar-refractivity contribution in [1.82, 2.24) is 10.3 Å². The molecule has 2 heterocycles. The van der Waals surface area contributed by atoms with E-state index in [-0.39, 0.29) is 23.5 Å². The fourth-order valence-electron chi connectivity index (χ4n) is 4.34. The number of para-hydroxylation sites is 1. The van der Waals surface area contributed by atoms with E-state index >= 15 is 0 Å². The molecule has 3 atom stereocenters. The Bertz CT molecular complexity index is 784. The second-order valence-electron chi connectivity index (χ2n) is 7.33. The number of hydrogen-bond acceptors (Lipinski definition) is 3. The predicted octanol–water partition coefficient (Wildman–Crippen LogP) is 3.09. The summed E-state index contributed by atoms with van der Waals surface area (Å²) >= 11 is 0. The highest BCUT2D eigenvalue weighted by molar-refractivity contribution is 6.00. The third kappa shape index (κ3) is 2.08. The van der Waals surface area contributed by atoms with Crippen molar-refractivity contribution in [3.8, 4) is 0 Å². The van der Waals surface area contributed by atoms with Crippen LogP contribution in [-0.4, -0.2) is 29.6 Å². The van der Waals surface area contributed by atoms with Crippen molar-refractivity contribution >= 4 is 16.8 Å². The van der Waals surface area contributed by atoms with Crippen molar-refractivity contribution < 1.29 is 9.53 Å². The van der Waals surface area contributed by atoms with Crippen LogP contribution in [0.25, 0.3) is 10.9 Å². The molecule has 1 amide bonds. The Kier molecular flexibility index (Phi) is 3.20. The normalized spacial score (nSPS) is 28.2. The summed E-state index contributed by atoms with van der Waals surface area (Å²) in [5.41, 5.74) is 2.58. The molecule has 23 heavy (non-hydrogen) atoms. The van der Waals surface area contributed by atoms with Crippen LogP contribution in [0.2, 0.25) is 0 Å². The topological polar surface area (TPSA) is 51.2 Å². The highest BCUT2D eigenvalue weighted by Crippen LogP contribution is 2.52. The molecular formula is C19H22N2O2. The molecule has 0 radical (unpaired) electrons. The van der Waals surface area contributed by atoms with E-state index < -0.39 is 0 Å². The molecule has 120 valence electrons. The molecule has 1 aliphatic heterocycles. The Morgan fingerprint density at radius 2 is 2.13 bits per heavy atom. The van der Waals surface area contributed by atoms with Crippen molar-refractivity contribution in [2.75, 3.05) is 6.61 Å². The maximum atomic E-state index is 12.8. The van der Waals surface area contributed by atoms with Gasteiger partial charge in [-0.15, -0.1) is 0 Å². The number of carbonyl (C=O) groups is 1. The van der Waals surface area contributed by atoms with Crippen molar-refractivity contribution in [3.05, 3.63) is 41.6 Å². The lowest BCUT2D eigenvalue weighted by Crippen LogP contribution is -2.66. The molecule has 1 N–H and O–H groups in total. The fraction of sp³-hybridized carbons (Fsp3) is 0.474. The molecule has 1 saturated carbocycles. The van der Waals surface area contributed by atoms with E-state index in [1.807, 2.05) is 31.2 Å². The van der Waals surface area contributed by atoms with E-state index in [0.29, 0.717) is 11.5 Å². The number of benzene rings is 1. The van der Waals surface area contributed by atoms with Gasteiger partial charge in [-0.05, 0) is 25.0 Å². The zero-order valence-corrected chi connectivity index (χ0v) is 13.8. The third-order valence-corrected chi connectivity index (χ3v) is 5.68.